The summed E-state index contributed by atoms with van der Waals surface area (Å²) in [6.07, 6.45) is -8.21. The number of aliphatic hydroxyl groups excluding tert-OH is 2. The molecule has 1 aromatic heterocycles. The summed E-state index contributed by atoms with van der Waals surface area (Å²) in [5.41, 5.74) is -1.54. The lowest BCUT2D eigenvalue weighted by Gasteiger charge is -2.19. The van der Waals surface area contributed by atoms with Gasteiger partial charge in [-0.1, -0.05) is 11.6 Å². The summed E-state index contributed by atoms with van der Waals surface area (Å²) < 4.78 is 41.9. The number of alkyl halides is 3. The molecule has 0 fully saturated rings. The van der Waals surface area contributed by atoms with Gasteiger partial charge in [0.05, 0.1) is 25.2 Å². The first-order valence-electron chi connectivity index (χ1n) is 5.32. The van der Waals surface area contributed by atoms with Crippen molar-refractivity contribution in [3.63, 3.8) is 0 Å². The molecular formula is C11H11ClF3NO4. The largest absolute Gasteiger partial charge is 0.469 e. The minimum absolute atomic E-state index is 0.394. The van der Waals surface area contributed by atoms with Crippen LogP contribution in [0.25, 0.3) is 0 Å². The molecular weight excluding hydrogens is 303 g/mol. The first-order chi connectivity index (χ1) is 9.16. The van der Waals surface area contributed by atoms with Crippen molar-refractivity contribution >= 4 is 17.6 Å². The standard InChI is InChI=1S/C11H11ClF3NO4/c1-20-8(18)3-7(17)9(19)6-2-5(11(13,14)15)4-16-10(6)12/h2,4,7,9,17,19H,3H2,1H3. The van der Waals surface area contributed by atoms with Crippen molar-refractivity contribution in [1.29, 1.82) is 0 Å². The van der Waals surface area contributed by atoms with Crippen molar-refractivity contribution < 1.29 is 32.9 Å². The van der Waals surface area contributed by atoms with Crippen molar-refractivity contribution in [3.8, 4) is 0 Å². The zero-order valence-corrected chi connectivity index (χ0v) is 10.9. The summed E-state index contributed by atoms with van der Waals surface area (Å²) in [4.78, 5) is 14.3. The average Bonchev–Trinajstić information content (AvgIpc) is 2.36. The molecule has 0 bridgehead atoms. The molecule has 1 heterocycles. The smallest absolute Gasteiger partial charge is 0.417 e. The van der Waals surface area contributed by atoms with Gasteiger partial charge in [-0.05, 0) is 6.07 Å². The molecule has 0 amide bonds. The molecule has 0 aliphatic rings. The summed E-state index contributed by atoms with van der Waals surface area (Å²) >= 11 is 5.59. The number of methoxy groups -OCH3 is 1. The molecule has 0 saturated carbocycles. The van der Waals surface area contributed by atoms with Gasteiger partial charge in [-0.15, -0.1) is 0 Å². The van der Waals surface area contributed by atoms with Crippen LogP contribution in [0.3, 0.4) is 0 Å². The van der Waals surface area contributed by atoms with Crippen LogP contribution < -0.4 is 0 Å². The van der Waals surface area contributed by atoms with Gasteiger partial charge < -0.3 is 14.9 Å². The average molecular weight is 314 g/mol. The Balaban J connectivity index is 3.03. The highest BCUT2D eigenvalue weighted by Crippen LogP contribution is 2.33. The fraction of sp³-hybridized carbons (Fsp3) is 0.455. The number of carbonyl (C=O) groups is 1. The molecule has 0 saturated heterocycles. The van der Waals surface area contributed by atoms with Gasteiger partial charge in [0.25, 0.3) is 0 Å². The van der Waals surface area contributed by atoms with Crippen LogP contribution in [0, 0.1) is 0 Å². The highest BCUT2D eigenvalue weighted by atomic mass is 35.5. The number of ether oxygens (including phenoxy) is 1. The zero-order chi connectivity index (χ0) is 15.5. The van der Waals surface area contributed by atoms with Crippen molar-refractivity contribution in [2.75, 3.05) is 7.11 Å². The Bertz CT molecular complexity index is 495. The van der Waals surface area contributed by atoms with Crippen LogP contribution in [-0.4, -0.2) is 34.4 Å². The fourth-order valence-electron chi connectivity index (χ4n) is 1.40. The van der Waals surface area contributed by atoms with E-state index in [1.807, 2.05) is 0 Å². The SMILES string of the molecule is COC(=O)CC(O)C(O)c1cc(C(F)(F)F)cnc1Cl. The van der Waals surface area contributed by atoms with Crippen molar-refractivity contribution in [2.45, 2.75) is 24.8 Å². The Morgan fingerprint density at radius 1 is 1.50 bits per heavy atom. The van der Waals surface area contributed by atoms with Crippen LogP contribution in [-0.2, 0) is 15.7 Å². The van der Waals surface area contributed by atoms with Crippen LogP contribution in [0.5, 0.6) is 0 Å². The molecule has 5 nitrogen and oxygen atoms in total. The maximum absolute atomic E-state index is 12.5. The summed E-state index contributed by atoms with van der Waals surface area (Å²) in [5.74, 6) is -0.826. The Morgan fingerprint density at radius 2 is 2.10 bits per heavy atom. The number of esters is 1. The molecule has 0 aliphatic heterocycles. The van der Waals surface area contributed by atoms with Gasteiger partial charge in [-0.25, -0.2) is 4.98 Å². The summed E-state index contributed by atoms with van der Waals surface area (Å²) in [5, 5.41) is 18.9. The third kappa shape index (κ3) is 4.06. The third-order valence-electron chi connectivity index (χ3n) is 2.48. The molecule has 1 rings (SSSR count). The molecule has 0 aliphatic carbocycles. The van der Waals surface area contributed by atoms with Crippen molar-refractivity contribution in [2.24, 2.45) is 0 Å². The van der Waals surface area contributed by atoms with E-state index in [0.29, 0.717) is 12.3 Å². The van der Waals surface area contributed by atoms with Gasteiger partial charge in [-0.2, -0.15) is 13.2 Å². The molecule has 20 heavy (non-hydrogen) atoms. The Labute approximate surface area is 117 Å². The molecule has 2 unspecified atom stereocenters. The monoisotopic (exact) mass is 313 g/mol. The predicted molar refractivity (Wildman–Crippen MR) is 61.8 cm³/mol. The number of carbonyl (C=O) groups excluding carboxylic acids is 1. The lowest BCUT2D eigenvalue weighted by Crippen LogP contribution is -2.23. The first kappa shape index (κ1) is 16.7. The zero-order valence-electron chi connectivity index (χ0n) is 10.2. The molecule has 1 aromatic rings. The number of halogens is 4. The molecule has 2 atom stereocenters. The minimum atomic E-state index is -4.67. The van der Waals surface area contributed by atoms with Gasteiger partial charge >= 0.3 is 12.1 Å². The molecule has 9 heteroatoms. The first-order valence-corrected chi connectivity index (χ1v) is 5.70. The number of rotatable bonds is 4. The number of hydrogen-bond acceptors (Lipinski definition) is 5. The maximum atomic E-state index is 12.5. The van der Waals surface area contributed by atoms with E-state index in [1.54, 1.807) is 0 Å². The number of aromatic nitrogens is 1. The second kappa shape index (κ2) is 6.38. The van der Waals surface area contributed by atoms with Gasteiger partial charge in [0.1, 0.15) is 11.3 Å². The molecule has 0 radical (unpaired) electrons. The quantitative estimate of drug-likeness (QED) is 0.653. The third-order valence-corrected chi connectivity index (χ3v) is 2.80. The number of hydrogen-bond donors (Lipinski definition) is 2. The number of aliphatic hydroxyl groups is 2. The molecule has 2 N–H and O–H groups in total. The predicted octanol–water partition coefficient (Wildman–Crippen LogP) is 1.71. The minimum Gasteiger partial charge on any atom is -0.469 e. The van der Waals surface area contributed by atoms with E-state index in [0.717, 1.165) is 7.11 Å². The van der Waals surface area contributed by atoms with E-state index >= 15 is 0 Å². The normalized spacial score (nSPS) is 14.8. The van der Waals surface area contributed by atoms with Gasteiger partial charge in [0.15, 0.2) is 0 Å². The Morgan fingerprint density at radius 3 is 2.60 bits per heavy atom. The maximum Gasteiger partial charge on any atom is 0.417 e. The van der Waals surface area contributed by atoms with Crippen LogP contribution in [0.2, 0.25) is 5.15 Å². The van der Waals surface area contributed by atoms with Crippen molar-refractivity contribution in [3.05, 3.63) is 28.5 Å². The van der Waals surface area contributed by atoms with E-state index in [-0.39, 0.29) is 0 Å². The highest BCUT2D eigenvalue weighted by molar-refractivity contribution is 6.30. The number of nitrogens with zero attached hydrogens (tertiary/aromatic N) is 1. The van der Waals surface area contributed by atoms with E-state index < -0.39 is 47.1 Å². The summed E-state index contributed by atoms with van der Waals surface area (Å²) in [7, 11) is 1.07. The van der Waals surface area contributed by atoms with Crippen molar-refractivity contribution in [1.82, 2.24) is 4.98 Å². The lowest BCUT2D eigenvalue weighted by atomic mass is 10.0. The van der Waals surface area contributed by atoms with Crippen LogP contribution in [0.4, 0.5) is 13.2 Å². The van der Waals surface area contributed by atoms with Gasteiger partial charge in [-0.3, -0.25) is 4.79 Å². The van der Waals surface area contributed by atoms with Gasteiger partial charge in [0.2, 0.25) is 0 Å². The van der Waals surface area contributed by atoms with E-state index in [1.165, 1.54) is 0 Å². The topological polar surface area (TPSA) is 79.7 Å². The van der Waals surface area contributed by atoms with Crippen LogP contribution in [0.15, 0.2) is 12.3 Å². The van der Waals surface area contributed by atoms with E-state index in [2.05, 4.69) is 9.72 Å². The fourth-order valence-corrected chi connectivity index (χ4v) is 1.62. The van der Waals surface area contributed by atoms with Gasteiger partial charge in [0, 0.05) is 11.8 Å². The molecule has 112 valence electrons. The Kier molecular flexibility index (Phi) is 5.32. The second-order valence-electron chi connectivity index (χ2n) is 3.89. The van der Waals surface area contributed by atoms with E-state index in [9.17, 15) is 28.2 Å². The molecule has 0 spiro atoms. The van der Waals surface area contributed by atoms with Crippen LogP contribution >= 0.6 is 11.6 Å². The van der Waals surface area contributed by atoms with E-state index in [4.69, 9.17) is 11.6 Å². The Hall–Kier alpha value is -1.38. The summed E-state index contributed by atoms with van der Waals surface area (Å²) in [6.45, 7) is 0. The number of pyridine rings is 1. The second-order valence-corrected chi connectivity index (χ2v) is 4.25. The summed E-state index contributed by atoms with van der Waals surface area (Å²) in [6, 6.07) is 0.570. The van der Waals surface area contributed by atoms with Crippen LogP contribution in [0.1, 0.15) is 23.7 Å². The molecule has 0 aromatic carbocycles. The highest BCUT2D eigenvalue weighted by Gasteiger charge is 2.33. The lowest BCUT2D eigenvalue weighted by molar-refractivity contribution is -0.145.